The van der Waals surface area contributed by atoms with Gasteiger partial charge in [0, 0.05) is 11.3 Å². The first kappa shape index (κ1) is 14.8. The number of carbonyl (C=O) groups excluding carboxylic acids is 1. The minimum atomic E-state index is -0.225. The summed E-state index contributed by atoms with van der Waals surface area (Å²) in [5.41, 5.74) is 3.83. The average Bonchev–Trinajstić information content (AvgIpc) is 3.05. The molecule has 0 aliphatic rings. The second-order valence-electron chi connectivity index (χ2n) is 5.22. The predicted octanol–water partition coefficient (Wildman–Crippen LogP) is 3.65. The smallest absolute Gasteiger partial charge is 0.273 e. The molecule has 116 valence electrons. The van der Waals surface area contributed by atoms with Crippen LogP contribution in [0.4, 0.5) is 5.69 Å². The van der Waals surface area contributed by atoms with Gasteiger partial charge in [-0.25, -0.2) is 0 Å². The summed E-state index contributed by atoms with van der Waals surface area (Å²) in [6.07, 6.45) is 0. The molecule has 0 fully saturated rings. The molecular weight excluding hydrogens is 290 g/mol. The van der Waals surface area contributed by atoms with E-state index in [4.69, 9.17) is 4.74 Å². The van der Waals surface area contributed by atoms with Crippen LogP contribution in [0.15, 0.2) is 54.6 Å². The van der Waals surface area contributed by atoms with Crippen molar-refractivity contribution in [1.82, 2.24) is 10.2 Å². The van der Waals surface area contributed by atoms with E-state index in [0.717, 1.165) is 22.6 Å². The molecule has 23 heavy (non-hydrogen) atoms. The molecule has 1 aromatic heterocycles. The number of benzene rings is 2. The first-order chi connectivity index (χ1) is 11.2. The number of aromatic nitrogens is 2. The van der Waals surface area contributed by atoms with Gasteiger partial charge in [-0.15, -0.1) is 0 Å². The molecule has 5 nitrogen and oxygen atoms in total. The molecule has 1 amide bonds. The summed E-state index contributed by atoms with van der Waals surface area (Å²) in [7, 11) is 1.62. The normalized spacial score (nSPS) is 10.3. The lowest BCUT2D eigenvalue weighted by atomic mass is 10.1. The zero-order valence-electron chi connectivity index (χ0n) is 13.0. The summed E-state index contributed by atoms with van der Waals surface area (Å²) >= 11 is 0. The number of hydrogen-bond donors (Lipinski definition) is 2. The Morgan fingerprint density at radius 1 is 1.13 bits per heavy atom. The first-order valence-electron chi connectivity index (χ1n) is 7.23. The van der Waals surface area contributed by atoms with Crippen LogP contribution in [0.5, 0.6) is 5.75 Å². The molecule has 1 heterocycles. The predicted molar refractivity (Wildman–Crippen MR) is 89.7 cm³/mol. The first-order valence-corrected chi connectivity index (χ1v) is 7.23. The number of methoxy groups -OCH3 is 1. The van der Waals surface area contributed by atoms with Crippen LogP contribution in [-0.2, 0) is 0 Å². The zero-order valence-corrected chi connectivity index (χ0v) is 13.0. The summed E-state index contributed by atoms with van der Waals surface area (Å²) in [5, 5.41) is 9.83. The van der Waals surface area contributed by atoms with E-state index >= 15 is 0 Å². The van der Waals surface area contributed by atoms with Gasteiger partial charge < -0.3 is 10.1 Å². The molecule has 3 rings (SSSR count). The molecule has 3 aromatic rings. The third kappa shape index (κ3) is 3.40. The highest BCUT2D eigenvalue weighted by molar-refractivity contribution is 6.03. The van der Waals surface area contributed by atoms with Crippen molar-refractivity contribution in [2.45, 2.75) is 6.92 Å². The second-order valence-corrected chi connectivity index (χ2v) is 5.22. The van der Waals surface area contributed by atoms with Gasteiger partial charge in [-0.05, 0) is 42.8 Å². The van der Waals surface area contributed by atoms with Crippen LogP contribution < -0.4 is 10.1 Å². The number of anilines is 1. The van der Waals surface area contributed by atoms with Crippen molar-refractivity contribution < 1.29 is 9.53 Å². The number of hydrogen-bond acceptors (Lipinski definition) is 3. The Morgan fingerprint density at radius 3 is 2.74 bits per heavy atom. The van der Waals surface area contributed by atoms with Crippen LogP contribution in [0.3, 0.4) is 0 Å². The van der Waals surface area contributed by atoms with Crippen LogP contribution in [-0.4, -0.2) is 23.2 Å². The highest BCUT2D eigenvalue weighted by atomic mass is 16.5. The van der Waals surface area contributed by atoms with Gasteiger partial charge in [0.1, 0.15) is 11.4 Å². The average molecular weight is 307 g/mol. The minimum absolute atomic E-state index is 0.225. The second kappa shape index (κ2) is 6.36. The fourth-order valence-electron chi connectivity index (χ4n) is 2.29. The lowest BCUT2D eigenvalue weighted by Crippen LogP contribution is -2.12. The number of nitrogens with one attached hydrogen (secondary N) is 2. The largest absolute Gasteiger partial charge is 0.497 e. The summed E-state index contributed by atoms with van der Waals surface area (Å²) in [4.78, 5) is 12.3. The van der Waals surface area contributed by atoms with Crippen molar-refractivity contribution in [2.75, 3.05) is 12.4 Å². The topological polar surface area (TPSA) is 67.0 Å². The number of ether oxygens (including phenoxy) is 1. The van der Waals surface area contributed by atoms with Crippen molar-refractivity contribution in [1.29, 1.82) is 0 Å². The van der Waals surface area contributed by atoms with Crippen LogP contribution in [0, 0.1) is 6.92 Å². The Balaban J connectivity index is 1.79. The molecular formula is C18H17N3O2. The molecule has 0 unspecified atom stereocenters. The Bertz CT molecular complexity index is 840. The standard InChI is InChI=1S/C18H17N3O2/c1-12-5-3-7-14(9-12)19-18(22)17-11-16(20-21-17)13-6-4-8-15(10-13)23-2/h3-11H,1-2H3,(H,19,22)(H,20,21). The van der Waals surface area contributed by atoms with E-state index < -0.39 is 0 Å². The maximum absolute atomic E-state index is 12.3. The number of H-pyrrole nitrogens is 1. The Kier molecular flexibility index (Phi) is 4.10. The minimum Gasteiger partial charge on any atom is -0.497 e. The van der Waals surface area contributed by atoms with Crippen molar-refractivity contribution in [3.8, 4) is 17.0 Å². The van der Waals surface area contributed by atoms with Gasteiger partial charge >= 0.3 is 0 Å². The van der Waals surface area contributed by atoms with Gasteiger partial charge in [-0.2, -0.15) is 5.10 Å². The van der Waals surface area contributed by atoms with Gasteiger partial charge in [-0.3, -0.25) is 9.89 Å². The summed E-state index contributed by atoms with van der Waals surface area (Å²) in [5.74, 6) is 0.522. The molecule has 0 saturated carbocycles. The molecule has 0 saturated heterocycles. The van der Waals surface area contributed by atoms with Crippen LogP contribution >= 0.6 is 0 Å². The maximum Gasteiger partial charge on any atom is 0.273 e. The van der Waals surface area contributed by atoms with Crippen LogP contribution in [0.2, 0.25) is 0 Å². The van der Waals surface area contributed by atoms with E-state index in [-0.39, 0.29) is 5.91 Å². The fraction of sp³-hybridized carbons (Fsp3) is 0.111. The quantitative estimate of drug-likeness (QED) is 0.773. The maximum atomic E-state index is 12.3. The lowest BCUT2D eigenvalue weighted by molar-refractivity contribution is 0.102. The third-order valence-electron chi connectivity index (χ3n) is 3.46. The molecule has 0 atom stereocenters. The lowest BCUT2D eigenvalue weighted by Gasteiger charge is -2.03. The van der Waals surface area contributed by atoms with Crippen molar-refractivity contribution in [3.63, 3.8) is 0 Å². The summed E-state index contributed by atoms with van der Waals surface area (Å²) in [6, 6.07) is 16.9. The van der Waals surface area contributed by atoms with E-state index in [2.05, 4.69) is 15.5 Å². The van der Waals surface area contributed by atoms with Gasteiger partial charge in [0.2, 0.25) is 0 Å². The van der Waals surface area contributed by atoms with E-state index in [0.29, 0.717) is 11.4 Å². The molecule has 2 N–H and O–H groups in total. The Labute approximate surface area is 134 Å². The number of aryl methyl sites for hydroxylation is 1. The Hall–Kier alpha value is -3.08. The molecule has 0 radical (unpaired) electrons. The van der Waals surface area contributed by atoms with Gasteiger partial charge in [-0.1, -0.05) is 24.3 Å². The van der Waals surface area contributed by atoms with Gasteiger partial charge in [0.25, 0.3) is 5.91 Å². The molecule has 0 bridgehead atoms. The van der Waals surface area contributed by atoms with Gasteiger partial charge in [0.05, 0.1) is 12.8 Å². The SMILES string of the molecule is COc1cccc(-c2cc(C(=O)Nc3cccc(C)c3)[nH]n2)c1. The van der Waals surface area contributed by atoms with Crippen molar-refractivity contribution in [2.24, 2.45) is 0 Å². The molecule has 0 aliphatic heterocycles. The van der Waals surface area contributed by atoms with Crippen molar-refractivity contribution >= 4 is 11.6 Å². The number of nitrogens with zero attached hydrogens (tertiary/aromatic N) is 1. The number of rotatable bonds is 4. The number of amides is 1. The number of carbonyl (C=O) groups is 1. The van der Waals surface area contributed by atoms with Crippen LogP contribution in [0.1, 0.15) is 16.1 Å². The van der Waals surface area contributed by atoms with Crippen LogP contribution in [0.25, 0.3) is 11.3 Å². The van der Waals surface area contributed by atoms with Crippen molar-refractivity contribution in [3.05, 3.63) is 65.9 Å². The molecule has 2 aromatic carbocycles. The van der Waals surface area contributed by atoms with E-state index in [9.17, 15) is 4.79 Å². The number of aromatic amines is 1. The highest BCUT2D eigenvalue weighted by Crippen LogP contribution is 2.22. The van der Waals surface area contributed by atoms with E-state index in [1.54, 1.807) is 13.2 Å². The summed E-state index contributed by atoms with van der Waals surface area (Å²) < 4.78 is 5.20. The summed E-state index contributed by atoms with van der Waals surface area (Å²) in [6.45, 7) is 1.98. The zero-order chi connectivity index (χ0) is 16.2. The molecule has 0 aliphatic carbocycles. The van der Waals surface area contributed by atoms with Gasteiger partial charge in [0.15, 0.2) is 0 Å². The highest BCUT2D eigenvalue weighted by Gasteiger charge is 2.11. The fourth-order valence-corrected chi connectivity index (χ4v) is 2.29. The van der Waals surface area contributed by atoms with E-state index in [1.807, 2.05) is 55.5 Å². The van der Waals surface area contributed by atoms with E-state index in [1.165, 1.54) is 0 Å². The Morgan fingerprint density at radius 2 is 1.96 bits per heavy atom. The third-order valence-corrected chi connectivity index (χ3v) is 3.46. The monoisotopic (exact) mass is 307 g/mol. The molecule has 0 spiro atoms. The molecule has 5 heteroatoms.